The fraction of sp³-hybridized carbons (Fsp3) is 0.294. The van der Waals surface area contributed by atoms with E-state index >= 15 is 0 Å². The first-order chi connectivity index (χ1) is 13.7. The fourth-order valence-corrected chi connectivity index (χ4v) is 3.32. The van der Waals surface area contributed by atoms with E-state index in [4.69, 9.17) is 9.90 Å². The van der Waals surface area contributed by atoms with Gasteiger partial charge >= 0.3 is 12.1 Å². The predicted octanol–water partition coefficient (Wildman–Crippen LogP) is 2.48. The number of amides is 1. The molecule has 0 unspecified atom stereocenters. The first-order valence-electron chi connectivity index (χ1n) is 8.38. The normalized spacial score (nSPS) is 13.4. The highest BCUT2D eigenvalue weighted by Crippen LogP contribution is 2.17. The number of imidazole rings is 1. The minimum atomic E-state index is -5.08. The molecule has 1 amide bonds. The summed E-state index contributed by atoms with van der Waals surface area (Å²) in [5.41, 5.74) is 1.74. The molecular weight excluding hydrogens is 411 g/mol. The van der Waals surface area contributed by atoms with Gasteiger partial charge in [0.1, 0.15) is 5.82 Å². The van der Waals surface area contributed by atoms with Crippen LogP contribution in [0.4, 0.5) is 13.2 Å². The van der Waals surface area contributed by atoms with Crippen LogP contribution in [0, 0.1) is 0 Å². The molecule has 0 saturated carbocycles. The number of alkyl halides is 3. The van der Waals surface area contributed by atoms with Crippen LogP contribution in [0.25, 0.3) is 0 Å². The minimum absolute atomic E-state index is 0.0872. The average Bonchev–Trinajstić information content (AvgIpc) is 3.42. The van der Waals surface area contributed by atoms with Crippen LogP contribution in [-0.2, 0) is 24.4 Å². The molecule has 0 radical (unpaired) electrons. The van der Waals surface area contributed by atoms with Gasteiger partial charge in [-0.1, -0.05) is 0 Å². The number of carboxylic acids is 1. The van der Waals surface area contributed by atoms with Gasteiger partial charge in [0.05, 0.1) is 24.3 Å². The zero-order valence-corrected chi connectivity index (χ0v) is 15.7. The van der Waals surface area contributed by atoms with Crippen LogP contribution in [0.2, 0.25) is 0 Å². The Morgan fingerprint density at radius 2 is 2.03 bits per heavy atom. The predicted molar refractivity (Wildman–Crippen MR) is 96.3 cm³/mol. The Hall–Kier alpha value is -3.15. The lowest BCUT2D eigenvalue weighted by Gasteiger charge is -2.27. The number of carbonyl (C=O) groups is 2. The number of thiophene rings is 1. The molecule has 0 aliphatic carbocycles. The molecule has 0 saturated heterocycles. The van der Waals surface area contributed by atoms with Crippen molar-refractivity contribution in [1.82, 2.24) is 24.2 Å². The van der Waals surface area contributed by atoms with Crippen LogP contribution in [0.1, 0.15) is 21.9 Å². The molecular formula is C17H16F3N5O3S. The summed E-state index contributed by atoms with van der Waals surface area (Å²) in [5.74, 6) is -1.73. The first-order valence-corrected chi connectivity index (χ1v) is 9.32. The largest absolute Gasteiger partial charge is 0.490 e. The van der Waals surface area contributed by atoms with Crippen molar-refractivity contribution >= 4 is 23.2 Å². The van der Waals surface area contributed by atoms with Crippen LogP contribution in [0.3, 0.4) is 0 Å². The Morgan fingerprint density at radius 1 is 1.28 bits per heavy atom. The maximum absolute atomic E-state index is 12.4. The van der Waals surface area contributed by atoms with E-state index in [1.807, 2.05) is 38.7 Å². The second kappa shape index (κ2) is 8.47. The Morgan fingerprint density at radius 3 is 2.62 bits per heavy atom. The molecule has 3 aromatic heterocycles. The maximum atomic E-state index is 12.4. The Balaban J connectivity index is 0.000000298. The van der Waals surface area contributed by atoms with Crippen molar-refractivity contribution < 1.29 is 27.9 Å². The molecule has 4 heterocycles. The summed E-state index contributed by atoms with van der Waals surface area (Å²) in [7, 11) is 0. The fourth-order valence-electron chi connectivity index (χ4n) is 2.69. The molecule has 0 atom stereocenters. The number of carboxylic acid groups (broad SMARTS) is 1. The zero-order chi connectivity index (χ0) is 21.0. The zero-order valence-electron chi connectivity index (χ0n) is 14.9. The van der Waals surface area contributed by atoms with E-state index in [9.17, 15) is 18.0 Å². The standard InChI is InChI=1S/C15H15N5OS.C2HF3O2/c21-15(12-2-7-22-11-12)19-6-5-18-8-13(17-14(18)10-19)9-20-4-1-3-16-20;3-2(4,5)1(6)7/h1-4,7-8,11H,5-6,9-10H2;(H,6,7). The molecule has 1 aliphatic heterocycles. The van der Waals surface area contributed by atoms with Crippen molar-refractivity contribution in [2.24, 2.45) is 0 Å². The van der Waals surface area contributed by atoms with Gasteiger partial charge in [0, 0.05) is 37.1 Å². The number of aromatic nitrogens is 4. The van der Waals surface area contributed by atoms with Gasteiger partial charge in [-0.25, -0.2) is 9.78 Å². The SMILES string of the molecule is O=C(O)C(F)(F)F.O=C(c1ccsc1)N1CCn2cc(Cn3cccn3)nc2C1. The summed E-state index contributed by atoms with van der Waals surface area (Å²) in [6.07, 6.45) is 0.658. The van der Waals surface area contributed by atoms with E-state index in [2.05, 4.69) is 20.8 Å². The second-order valence-electron chi connectivity index (χ2n) is 6.09. The Bertz CT molecular complexity index is 967. The third kappa shape index (κ3) is 5.22. The topological polar surface area (TPSA) is 93.2 Å². The van der Waals surface area contributed by atoms with Crippen LogP contribution in [0.15, 0.2) is 41.5 Å². The third-order valence-electron chi connectivity index (χ3n) is 4.03. The van der Waals surface area contributed by atoms with Gasteiger partial charge in [-0.3, -0.25) is 9.48 Å². The quantitative estimate of drug-likeness (QED) is 0.693. The average molecular weight is 427 g/mol. The minimum Gasteiger partial charge on any atom is -0.475 e. The highest BCUT2D eigenvalue weighted by molar-refractivity contribution is 7.08. The molecule has 0 spiro atoms. The van der Waals surface area contributed by atoms with Crippen molar-refractivity contribution in [3.63, 3.8) is 0 Å². The first kappa shape index (κ1) is 20.6. The van der Waals surface area contributed by atoms with Crippen molar-refractivity contribution in [2.75, 3.05) is 6.54 Å². The summed E-state index contributed by atoms with van der Waals surface area (Å²) in [5, 5.41) is 15.1. The molecule has 12 heteroatoms. The third-order valence-corrected chi connectivity index (χ3v) is 4.72. The Kier molecular flexibility index (Phi) is 6.01. The maximum Gasteiger partial charge on any atom is 0.490 e. The van der Waals surface area contributed by atoms with E-state index in [1.54, 1.807) is 17.5 Å². The van der Waals surface area contributed by atoms with Crippen molar-refractivity contribution in [1.29, 1.82) is 0 Å². The number of rotatable bonds is 3. The lowest BCUT2D eigenvalue weighted by molar-refractivity contribution is -0.192. The van der Waals surface area contributed by atoms with E-state index in [1.165, 1.54) is 0 Å². The number of aliphatic carboxylic acids is 1. The monoisotopic (exact) mass is 427 g/mol. The second-order valence-corrected chi connectivity index (χ2v) is 6.87. The molecule has 0 aromatic carbocycles. The smallest absolute Gasteiger partial charge is 0.475 e. The number of halogens is 3. The van der Waals surface area contributed by atoms with Gasteiger partial charge in [0.2, 0.25) is 0 Å². The van der Waals surface area contributed by atoms with Gasteiger partial charge in [-0.15, -0.1) is 0 Å². The molecule has 1 aliphatic rings. The van der Waals surface area contributed by atoms with Crippen molar-refractivity contribution in [3.05, 3.63) is 58.6 Å². The lowest BCUT2D eigenvalue weighted by atomic mass is 10.2. The van der Waals surface area contributed by atoms with Crippen molar-refractivity contribution in [3.8, 4) is 0 Å². The number of nitrogens with zero attached hydrogens (tertiary/aromatic N) is 5. The van der Waals surface area contributed by atoms with Gasteiger partial charge in [0.25, 0.3) is 5.91 Å². The van der Waals surface area contributed by atoms with Gasteiger partial charge in [-0.2, -0.15) is 29.6 Å². The summed E-state index contributed by atoms with van der Waals surface area (Å²) in [4.78, 5) is 27.8. The molecule has 1 N–H and O–H groups in total. The summed E-state index contributed by atoms with van der Waals surface area (Å²) < 4.78 is 35.7. The summed E-state index contributed by atoms with van der Waals surface area (Å²) in [6, 6.07) is 3.77. The number of hydrogen-bond acceptors (Lipinski definition) is 5. The van der Waals surface area contributed by atoms with E-state index < -0.39 is 12.1 Å². The lowest BCUT2D eigenvalue weighted by Crippen LogP contribution is -2.38. The molecule has 154 valence electrons. The van der Waals surface area contributed by atoms with E-state index in [0.717, 1.165) is 30.2 Å². The Labute approximate surface area is 166 Å². The molecule has 0 fully saturated rings. The van der Waals surface area contributed by atoms with Gasteiger partial charge in [0.15, 0.2) is 0 Å². The van der Waals surface area contributed by atoms with Crippen LogP contribution in [0.5, 0.6) is 0 Å². The highest BCUT2D eigenvalue weighted by atomic mass is 32.1. The van der Waals surface area contributed by atoms with Crippen LogP contribution < -0.4 is 0 Å². The number of hydrogen-bond donors (Lipinski definition) is 1. The molecule has 8 nitrogen and oxygen atoms in total. The molecule has 0 bridgehead atoms. The van der Waals surface area contributed by atoms with E-state index in [-0.39, 0.29) is 5.91 Å². The van der Waals surface area contributed by atoms with Gasteiger partial charge in [-0.05, 0) is 17.5 Å². The van der Waals surface area contributed by atoms with Crippen LogP contribution >= 0.6 is 11.3 Å². The molecule has 3 aromatic rings. The van der Waals surface area contributed by atoms with Gasteiger partial charge < -0.3 is 14.6 Å². The van der Waals surface area contributed by atoms with Crippen LogP contribution in [-0.4, -0.2) is 53.9 Å². The number of carbonyl (C=O) groups excluding carboxylic acids is 1. The number of fused-ring (bicyclic) bond motifs is 1. The van der Waals surface area contributed by atoms with Crippen molar-refractivity contribution in [2.45, 2.75) is 25.8 Å². The summed E-state index contributed by atoms with van der Waals surface area (Å²) in [6.45, 7) is 2.73. The molecule has 4 rings (SSSR count). The molecule has 29 heavy (non-hydrogen) atoms. The summed E-state index contributed by atoms with van der Waals surface area (Å²) >= 11 is 1.55. The van der Waals surface area contributed by atoms with E-state index in [0.29, 0.717) is 13.1 Å². The highest BCUT2D eigenvalue weighted by Gasteiger charge is 2.38.